The van der Waals surface area contributed by atoms with Gasteiger partial charge in [-0.2, -0.15) is 0 Å². The highest BCUT2D eigenvalue weighted by molar-refractivity contribution is 5.67. The van der Waals surface area contributed by atoms with Crippen molar-refractivity contribution >= 4 is 6.09 Å². The number of carbonyl (C=O) groups excluding carboxylic acids is 1. The molecule has 0 bridgehead atoms. The fourth-order valence-corrected chi connectivity index (χ4v) is 2.74. The maximum absolute atomic E-state index is 11.7. The first-order valence-corrected chi connectivity index (χ1v) is 8.50. The van der Waals surface area contributed by atoms with Gasteiger partial charge in [-0.15, -0.1) is 0 Å². The number of rotatable bonds is 7. The van der Waals surface area contributed by atoms with Gasteiger partial charge in [0.15, 0.2) is 0 Å². The predicted octanol–water partition coefficient (Wildman–Crippen LogP) is 3.19. The zero-order chi connectivity index (χ0) is 16.5. The summed E-state index contributed by atoms with van der Waals surface area (Å²) >= 11 is 0. The molecule has 128 valence electrons. The molecule has 1 fully saturated rings. The van der Waals surface area contributed by atoms with E-state index in [0.717, 1.165) is 51.1 Å². The summed E-state index contributed by atoms with van der Waals surface area (Å²) < 4.78 is 10.3. The third-order valence-electron chi connectivity index (χ3n) is 4.21. The van der Waals surface area contributed by atoms with E-state index in [2.05, 4.69) is 29.3 Å². The average Bonchev–Trinajstić information content (AvgIpc) is 2.57. The molecular weight excluding hydrogens is 292 g/mol. The molecule has 1 aliphatic heterocycles. The molecule has 0 spiro atoms. The Kier molecular flexibility index (Phi) is 7.20. The maximum Gasteiger partial charge on any atom is 0.407 e. The summed E-state index contributed by atoms with van der Waals surface area (Å²) in [5.74, 6) is 0.887. The van der Waals surface area contributed by atoms with Gasteiger partial charge in [-0.05, 0) is 37.0 Å². The minimum Gasteiger partial charge on any atom is -0.497 e. The van der Waals surface area contributed by atoms with Crippen molar-refractivity contribution in [1.29, 1.82) is 0 Å². The number of ether oxygens (including phenoxy) is 2. The van der Waals surface area contributed by atoms with E-state index in [9.17, 15) is 4.79 Å². The highest BCUT2D eigenvalue weighted by atomic mass is 16.5. The number of likely N-dealkylation sites (tertiary alicyclic amines) is 1. The number of amides is 1. The first kappa shape index (κ1) is 17.6. The second kappa shape index (κ2) is 9.40. The van der Waals surface area contributed by atoms with Crippen molar-refractivity contribution in [3.8, 4) is 5.75 Å². The van der Waals surface area contributed by atoms with Crippen molar-refractivity contribution in [3.63, 3.8) is 0 Å². The van der Waals surface area contributed by atoms with E-state index >= 15 is 0 Å². The molecule has 5 heteroatoms. The fourth-order valence-electron chi connectivity index (χ4n) is 2.74. The van der Waals surface area contributed by atoms with Crippen LogP contribution < -0.4 is 10.1 Å². The van der Waals surface area contributed by atoms with Gasteiger partial charge in [0, 0.05) is 25.7 Å². The van der Waals surface area contributed by atoms with Gasteiger partial charge in [-0.25, -0.2) is 4.79 Å². The van der Waals surface area contributed by atoms with Crippen LogP contribution in [0.4, 0.5) is 4.79 Å². The Morgan fingerprint density at radius 2 is 1.96 bits per heavy atom. The molecule has 0 radical (unpaired) electrons. The molecule has 1 aliphatic rings. The number of hydrogen-bond acceptors (Lipinski definition) is 4. The molecule has 1 aromatic rings. The molecule has 0 saturated carbocycles. The number of hydrogen-bond donors (Lipinski definition) is 1. The summed E-state index contributed by atoms with van der Waals surface area (Å²) in [6, 6.07) is 8.44. The smallest absolute Gasteiger partial charge is 0.407 e. The lowest BCUT2D eigenvalue weighted by molar-refractivity contribution is 0.130. The zero-order valence-electron chi connectivity index (χ0n) is 14.2. The second-order valence-electron chi connectivity index (χ2n) is 6.03. The van der Waals surface area contributed by atoms with Crippen LogP contribution in [-0.4, -0.2) is 43.8 Å². The molecule has 0 atom stereocenters. The highest BCUT2D eigenvalue weighted by Crippen LogP contribution is 2.16. The summed E-state index contributed by atoms with van der Waals surface area (Å²) in [5.41, 5.74) is 1.29. The van der Waals surface area contributed by atoms with E-state index in [-0.39, 0.29) is 12.1 Å². The Balaban J connectivity index is 1.67. The minimum atomic E-state index is -0.271. The molecule has 1 aromatic carbocycles. The minimum absolute atomic E-state index is 0.233. The van der Waals surface area contributed by atoms with Crippen LogP contribution in [0, 0.1) is 0 Å². The lowest BCUT2D eigenvalue weighted by atomic mass is 10.0. The molecular formula is C18H28N2O3. The number of carbonyl (C=O) groups is 1. The summed E-state index contributed by atoms with van der Waals surface area (Å²) in [5, 5.41) is 2.97. The van der Waals surface area contributed by atoms with Crippen LogP contribution in [0.2, 0.25) is 0 Å². The van der Waals surface area contributed by atoms with E-state index in [4.69, 9.17) is 9.47 Å². The molecule has 23 heavy (non-hydrogen) atoms. The highest BCUT2D eigenvalue weighted by Gasteiger charge is 2.21. The molecule has 0 unspecified atom stereocenters. The van der Waals surface area contributed by atoms with Crippen molar-refractivity contribution in [1.82, 2.24) is 10.2 Å². The van der Waals surface area contributed by atoms with Crippen molar-refractivity contribution in [2.75, 3.05) is 26.8 Å². The molecule has 1 heterocycles. The lowest BCUT2D eigenvalue weighted by Crippen LogP contribution is -2.44. The van der Waals surface area contributed by atoms with Crippen LogP contribution >= 0.6 is 0 Å². The van der Waals surface area contributed by atoms with Gasteiger partial charge in [0.05, 0.1) is 13.7 Å². The summed E-state index contributed by atoms with van der Waals surface area (Å²) in [7, 11) is 1.68. The molecule has 0 aliphatic carbocycles. The Bertz CT molecular complexity index is 468. The third kappa shape index (κ3) is 6.10. The summed E-state index contributed by atoms with van der Waals surface area (Å²) in [4.78, 5) is 14.1. The largest absolute Gasteiger partial charge is 0.497 e. The van der Waals surface area contributed by atoms with Gasteiger partial charge in [0.2, 0.25) is 0 Å². The molecule has 1 amide bonds. The van der Waals surface area contributed by atoms with Crippen molar-refractivity contribution in [3.05, 3.63) is 29.8 Å². The van der Waals surface area contributed by atoms with Gasteiger partial charge in [0.25, 0.3) is 0 Å². The fraction of sp³-hybridized carbons (Fsp3) is 0.611. The number of benzene rings is 1. The van der Waals surface area contributed by atoms with Gasteiger partial charge in [0.1, 0.15) is 5.75 Å². The van der Waals surface area contributed by atoms with E-state index in [0.29, 0.717) is 6.61 Å². The van der Waals surface area contributed by atoms with Crippen molar-refractivity contribution in [2.45, 2.75) is 45.2 Å². The molecule has 5 nitrogen and oxygen atoms in total. The average molecular weight is 320 g/mol. The Hall–Kier alpha value is -1.75. The van der Waals surface area contributed by atoms with E-state index in [1.807, 2.05) is 12.1 Å². The summed E-state index contributed by atoms with van der Waals surface area (Å²) in [6.45, 7) is 5.52. The van der Waals surface area contributed by atoms with Gasteiger partial charge >= 0.3 is 6.09 Å². The first-order valence-electron chi connectivity index (χ1n) is 8.50. The number of methoxy groups -OCH3 is 1. The predicted molar refractivity (Wildman–Crippen MR) is 90.7 cm³/mol. The standard InChI is InChI=1S/C18H28N2O3/c1-3-4-13-23-18(21)19-16-9-11-20(12-10-16)14-15-5-7-17(22-2)8-6-15/h5-8,16H,3-4,9-14H2,1-2H3,(H,19,21). The van der Waals surface area contributed by atoms with Crippen LogP contribution in [0.15, 0.2) is 24.3 Å². The number of nitrogens with one attached hydrogen (secondary N) is 1. The quantitative estimate of drug-likeness (QED) is 0.784. The maximum atomic E-state index is 11.7. The van der Waals surface area contributed by atoms with Gasteiger partial charge in [-0.1, -0.05) is 25.5 Å². The SMILES string of the molecule is CCCCOC(=O)NC1CCN(Cc2ccc(OC)cc2)CC1. The zero-order valence-corrected chi connectivity index (χ0v) is 14.2. The Labute approximate surface area is 139 Å². The molecule has 1 N–H and O–H groups in total. The Morgan fingerprint density at radius 3 is 2.57 bits per heavy atom. The Morgan fingerprint density at radius 1 is 1.26 bits per heavy atom. The number of nitrogens with zero attached hydrogens (tertiary/aromatic N) is 1. The van der Waals surface area contributed by atoms with Gasteiger partial charge < -0.3 is 14.8 Å². The first-order chi connectivity index (χ1) is 11.2. The van der Waals surface area contributed by atoms with Crippen LogP contribution in [0.1, 0.15) is 38.2 Å². The van der Waals surface area contributed by atoms with Crippen LogP contribution in [0.25, 0.3) is 0 Å². The number of unbranched alkanes of at least 4 members (excludes halogenated alkanes) is 1. The van der Waals surface area contributed by atoms with E-state index < -0.39 is 0 Å². The van der Waals surface area contributed by atoms with Gasteiger partial charge in [-0.3, -0.25) is 4.90 Å². The van der Waals surface area contributed by atoms with Crippen LogP contribution in [0.5, 0.6) is 5.75 Å². The normalized spacial score (nSPS) is 16.1. The second-order valence-corrected chi connectivity index (χ2v) is 6.03. The topological polar surface area (TPSA) is 50.8 Å². The molecule has 2 rings (SSSR count). The van der Waals surface area contributed by atoms with E-state index in [1.165, 1.54) is 5.56 Å². The van der Waals surface area contributed by atoms with Crippen LogP contribution in [0.3, 0.4) is 0 Å². The monoisotopic (exact) mass is 320 g/mol. The van der Waals surface area contributed by atoms with Crippen molar-refractivity contribution < 1.29 is 14.3 Å². The molecule has 0 aromatic heterocycles. The molecule has 1 saturated heterocycles. The lowest BCUT2D eigenvalue weighted by Gasteiger charge is -2.32. The van der Waals surface area contributed by atoms with E-state index in [1.54, 1.807) is 7.11 Å². The third-order valence-corrected chi connectivity index (χ3v) is 4.21. The van der Waals surface area contributed by atoms with Crippen LogP contribution in [-0.2, 0) is 11.3 Å². The summed E-state index contributed by atoms with van der Waals surface area (Å²) in [6.07, 6.45) is 3.63. The number of alkyl carbamates (subject to hydrolysis) is 1. The number of piperidine rings is 1. The van der Waals surface area contributed by atoms with Crippen molar-refractivity contribution in [2.24, 2.45) is 0 Å².